The van der Waals surface area contributed by atoms with Gasteiger partial charge in [0.1, 0.15) is 11.6 Å². The fourth-order valence-electron chi connectivity index (χ4n) is 4.29. The molecule has 0 bridgehead atoms. The van der Waals surface area contributed by atoms with E-state index >= 15 is 0 Å². The maximum Gasteiger partial charge on any atom is 0.332 e. The van der Waals surface area contributed by atoms with E-state index in [2.05, 4.69) is 5.32 Å². The number of ketones is 1. The van der Waals surface area contributed by atoms with Crippen LogP contribution in [0.3, 0.4) is 0 Å². The Hall–Kier alpha value is -3.87. The molecule has 0 spiro atoms. The molecule has 0 radical (unpaired) electrons. The van der Waals surface area contributed by atoms with E-state index in [4.69, 9.17) is 0 Å². The Balaban J connectivity index is 1.90. The van der Waals surface area contributed by atoms with Crippen molar-refractivity contribution in [1.29, 1.82) is 0 Å². The predicted octanol–water partition coefficient (Wildman–Crippen LogP) is 1.95. The van der Waals surface area contributed by atoms with Crippen molar-refractivity contribution in [2.24, 2.45) is 14.1 Å². The maximum atomic E-state index is 13.3. The standard InChI is InChI=1S/C22H17N3O4/c1-24-20-17(21(28)25(2)22(24)29)15(11-6-5-7-12(26)10-11)16-18(23-20)13-8-3-4-9-14(13)19(16)27/h3-10,15,23,26H,1-2H3/t15-/m0/s1. The summed E-state index contributed by atoms with van der Waals surface area (Å²) in [7, 11) is 3.00. The van der Waals surface area contributed by atoms with Crippen molar-refractivity contribution in [3.8, 4) is 5.75 Å². The number of carbonyl (C=O) groups excluding carboxylic acids is 1. The van der Waals surface area contributed by atoms with Gasteiger partial charge in [-0.3, -0.25) is 18.7 Å². The number of nitrogens with zero attached hydrogens (tertiary/aromatic N) is 2. The second-order valence-corrected chi connectivity index (χ2v) is 7.28. The summed E-state index contributed by atoms with van der Waals surface area (Å²) in [6, 6.07) is 13.7. The van der Waals surface area contributed by atoms with Gasteiger partial charge < -0.3 is 10.4 Å². The molecule has 144 valence electrons. The lowest BCUT2D eigenvalue weighted by atomic mass is 9.81. The van der Waals surface area contributed by atoms with Crippen molar-refractivity contribution in [3.63, 3.8) is 0 Å². The van der Waals surface area contributed by atoms with E-state index in [1.807, 2.05) is 12.1 Å². The number of allylic oxidation sites excluding steroid dienone is 1. The van der Waals surface area contributed by atoms with Crippen molar-refractivity contribution in [2.75, 3.05) is 5.32 Å². The Morgan fingerprint density at radius 1 is 0.931 bits per heavy atom. The van der Waals surface area contributed by atoms with E-state index in [0.29, 0.717) is 33.8 Å². The first-order chi connectivity index (χ1) is 13.9. The van der Waals surface area contributed by atoms with Crippen LogP contribution >= 0.6 is 0 Å². The van der Waals surface area contributed by atoms with Crippen molar-refractivity contribution < 1.29 is 9.90 Å². The minimum atomic E-state index is -0.709. The Morgan fingerprint density at radius 2 is 1.66 bits per heavy atom. The zero-order valence-electron chi connectivity index (χ0n) is 15.8. The molecule has 3 aromatic rings. The van der Waals surface area contributed by atoms with Gasteiger partial charge in [-0.05, 0) is 17.7 Å². The van der Waals surface area contributed by atoms with Crippen molar-refractivity contribution in [2.45, 2.75) is 5.92 Å². The summed E-state index contributed by atoms with van der Waals surface area (Å²) >= 11 is 0. The quantitative estimate of drug-likeness (QED) is 0.666. The normalized spacial score (nSPS) is 16.9. The number of fused-ring (bicyclic) bond motifs is 3. The highest BCUT2D eigenvalue weighted by Crippen LogP contribution is 2.48. The van der Waals surface area contributed by atoms with Crippen LogP contribution in [0.1, 0.15) is 33.0 Å². The molecule has 1 aliphatic heterocycles. The van der Waals surface area contributed by atoms with Gasteiger partial charge in [0.15, 0.2) is 5.78 Å². The van der Waals surface area contributed by atoms with Crippen molar-refractivity contribution >= 4 is 17.3 Å². The van der Waals surface area contributed by atoms with E-state index in [9.17, 15) is 19.5 Å². The molecule has 0 saturated carbocycles. The van der Waals surface area contributed by atoms with Crippen LogP contribution in [0.15, 0.2) is 63.7 Å². The summed E-state index contributed by atoms with van der Waals surface area (Å²) in [5, 5.41) is 13.2. The van der Waals surface area contributed by atoms with Crippen molar-refractivity contribution in [1.82, 2.24) is 9.13 Å². The predicted molar refractivity (Wildman–Crippen MR) is 108 cm³/mol. The largest absolute Gasteiger partial charge is 0.508 e. The van der Waals surface area contributed by atoms with E-state index in [-0.39, 0.29) is 11.5 Å². The molecular weight excluding hydrogens is 370 g/mol. The van der Waals surface area contributed by atoms with Gasteiger partial charge in [0.2, 0.25) is 0 Å². The van der Waals surface area contributed by atoms with Crippen LogP contribution in [0.2, 0.25) is 0 Å². The lowest BCUT2D eigenvalue weighted by Gasteiger charge is -2.29. The molecule has 1 atom stereocenters. The Kier molecular flexibility index (Phi) is 3.46. The van der Waals surface area contributed by atoms with Gasteiger partial charge in [-0.25, -0.2) is 4.79 Å². The highest BCUT2D eigenvalue weighted by Gasteiger charge is 2.42. The molecule has 2 N–H and O–H groups in total. The number of benzene rings is 2. The summed E-state index contributed by atoms with van der Waals surface area (Å²) in [6.45, 7) is 0. The van der Waals surface area contributed by atoms with Gasteiger partial charge in [0.05, 0.1) is 11.3 Å². The number of hydrogen-bond acceptors (Lipinski definition) is 5. The van der Waals surface area contributed by atoms with Crippen LogP contribution in [0.25, 0.3) is 5.70 Å². The van der Waals surface area contributed by atoms with Crippen LogP contribution in [0.4, 0.5) is 5.82 Å². The summed E-state index contributed by atoms with van der Waals surface area (Å²) in [5.74, 6) is -0.485. The molecule has 2 heterocycles. The van der Waals surface area contributed by atoms with Gasteiger partial charge >= 0.3 is 5.69 Å². The zero-order chi connectivity index (χ0) is 20.4. The molecule has 0 amide bonds. The van der Waals surface area contributed by atoms with Crippen LogP contribution in [0.5, 0.6) is 5.75 Å². The molecular formula is C22H17N3O4. The smallest absolute Gasteiger partial charge is 0.332 e. The topological polar surface area (TPSA) is 93.3 Å². The maximum absolute atomic E-state index is 13.3. The highest BCUT2D eigenvalue weighted by molar-refractivity contribution is 6.23. The Labute approximate surface area is 165 Å². The Morgan fingerprint density at radius 3 is 2.38 bits per heavy atom. The van der Waals surface area contributed by atoms with Crippen LogP contribution in [0, 0.1) is 0 Å². The van der Waals surface area contributed by atoms with Gasteiger partial charge in [0, 0.05) is 36.7 Å². The molecule has 5 rings (SSSR count). The number of aromatic hydroxyl groups is 1. The summed E-state index contributed by atoms with van der Waals surface area (Å²) in [6.07, 6.45) is 0. The zero-order valence-corrected chi connectivity index (χ0v) is 15.8. The lowest BCUT2D eigenvalue weighted by Crippen LogP contribution is -2.42. The molecule has 2 aliphatic rings. The van der Waals surface area contributed by atoms with E-state index in [1.54, 1.807) is 37.4 Å². The molecule has 0 unspecified atom stereocenters. The number of Topliss-reactive ketones (excluding diaryl/α,β-unsaturated/α-hetero) is 1. The molecule has 0 fully saturated rings. The Bertz CT molecular complexity index is 1380. The average molecular weight is 387 g/mol. The second kappa shape index (κ2) is 5.81. The van der Waals surface area contributed by atoms with Crippen LogP contribution in [-0.2, 0) is 14.1 Å². The minimum absolute atomic E-state index is 0.0364. The number of rotatable bonds is 1. The number of carbonyl (C=O) groups is 1. The van der Waals surface area contributed by atoms with E-state index < -0.39 is 17.2 Å². The molecule has 29 heavy (non-hydrogen) atoms. The minimum Gasteiger partial charge on any atom is -0.508 e. The lowest BCUT2D eigenvalue weighted by molar-refractivity contribution is 0.103. The van der Waals surface area contributed by atoms with Crippen LogP contribution < -0.4 is 16.6 Å². The highest BCUT2D eigenvalue weighted by atomic mass is 16.3. The van der Waals surface area contributed by atoms with E-state index in [1.165, 1.54) is 17.7 Å². The monoisotopic (exact) mass is 387 g/mol. The molecule has 2 aromatic carbocycles. The first-order valence-corrected chi connectivity index (χ1v) is 9.14. The number of phenols is 1. The van der Waals surface area contributed by atoms with Crippen LogP contribution in [-0.4, -0.2) is 20.0 Å². The SMILES string of the molecule is Cn1c2c(c(=O)n(C)c1=O)[C@@H](c1cccc(O)c1)C1=C(N2)c2ccccc2C1=O. The fraction of sp³-hybridized carbons (Fsp3) is 0.136. The number of hydrogen-bond donors (Lipinski definition) is 2. The second-order valence-electron chi connectivity index (χ2n) is 7.28. The van der Waals surface area contributed by atoms with Gasteiger partial charge in [0.25, 0.3) is 5.56 Å². The third-order valence-corrected chi connectivity index (χ3v) is 5.68. The van der Waals surface area contributed by atoms with Gasteiger partial charge in [-0.1, -0.05) is 36.4 Å². The first-order valence-electron chi connectivity index (χ1n) is 9.14. The summed E-state index contributed by atoms with van der Waals surface area (Å²) < 4.78 is 2.41. The summed E-state index contributed by atoms with van der Waals surface area (Å²) in [5.41, 5.74) is 2.30. The van der Waals surface area contributed by atoms with E-state index in [0.717, 1.165) is 10.1 Å². The average Bonchev–Trinajstić information content (AvgIpc) is 3.01. The molecule has 7 nitrogen and oxygen atoms in total. The first kappa shape index (κ1) is 17.2. The molecule has 1 aliphatic carbocycles. The number of nitrogens with one attached hydrogen (secondary N) is 1. The third-order valence-electron chi connectivity index (χ3n) is 5.68. The molecule has 7 heteroatoms. The molecule has 1 aromatic heterocycles. The summed E-state index contributed by atoms with van der Waals surface area (Å²) in [4.78, 5) is 39.0. The number of aromatic nitrogens is 2. The number of anilines is 1. The van der Waals surface area contributed by atoms with Gasteiger partial charge in [-0.15, -0.1) is 0 Å². The fourth-order valence-corrected chi connectivity index (χ4v) is 4.29. The molecule has 0 saturated heterocycles. The van der Waals surface area contributed by atoms with Crippen molar-refractivity contribution in [3.05, 3.63) is 97.2 Å². The number of phenolic OH excluding ortho intramolecular Hbond substituents is 1. The third kappa shape index (κ3) is 2.21. The van der Waals surface area contributed by atoms with Gasteiger partial charge in [-0.2, -0.15) is 0 Å².